The Hall–Kier alpha value is -1.93. The Morgan fingerprint density at radius 2 is 1.83 bits per heavy atom. The highest BCUT2D eigenvalue weighted by Gasteiger charge is 2.32. The van der Waals surface area contributed by atoms with Crippen molar-refractivity contribution in [1.82, 2.24) is 9.62 Å². The Kier molecular flexibility index (Phi) is 6.63. The Labute approximate surface area is 173 Å². The molecule has 0 aromatic heterocycles. The molecule has 29 heavy (non-hydrogen) atoms. The van der Waals surface area contributed by atoms with Crippen LogP contribution in [-0.4, -0.2) is 50.8 Å². The van der Waals surface area contributed by atoms with E-state index in [0.29, 0.717) is 38.9 Å². The highest BCUT2D eigenvalue weighted by Crippen LogP contribution is 2.31. The largest absolute Gasteiger partial charge is 0.341 e. The van der Waals surface area contributed by atoms with Gasteiger partial charge in [-0.05, 0) is 55.4 Å². The first-order chi connectivity index (χ1) is 13.7. The third-order valence-electron chi connectivity index (χ3n) is 5.58. The van der Waals surface area contributed by atoms with Gasteiger partial charge >= 0.3 is 0 Å². The van der Waals surface area contributed by atoms with Crippen molar-refractivity contribution in [2.45, 2.75) is 63.8 Å². The maximum atomic E-state index is 13.1. The highest BCUT2D eigenvalue weighted by atomic mass is 32.2. The van der Waals surface area contributed by atoms with Crippen LogP contribution >= 0.6 is 0 Å². The SMILES string of the molecule is CCC(=O)N1CCc2cc(S(=O)(=O)NC(CC(C)C)C(=O)N3CCCC3)ccc21. The monoisotopic (exact) mass is 421 g/mol. The molecule has 7 nitrogen and oxygen atoms in total. The van der Waals surface area contributed by atoms with Crippen molar-refractivity contribution in [3.8, 4) is 0 Å². The lowest BCUT2D eigenvalue weighted by Gasteiger charge is -2.25. The fraction of sp³-hybridized carbons (Fsp3) is 0.619. The summed E-state index contributed by atoms with van der Waals surface area (Å²) in [4.78, 5) is 28.5. The molecule has 1 aromatic rings. The molecular weight excluding hydrogens is 390 g/mol. The van der Waals surface area contributed by atoms with Gasteiger partial charge in [0.2, 0.25) is 21.8 Å². The second-order valence-electron chi connectivity index (χ2n) is 8.28. The molecule has 1 fully saturated rings. The van der Waals surface area contributed by atoms with Crippen molar-refractivity contribution in [3.63, 3.8) is 0 Å². The average molecular weight is 422 g/mol. The normalized spacial score (nSPS) is 17.7. The van der Waals surface area contributed by atoms with E-state index in [-0.39, 0.29) is 22.6 Å². The van der Waals surface area contributed by atoms with Gasteiger partial charge in [0.1, 0.15) is 6.04 Å². The summed E-state index contributed by atoms with van der Waals surface area (Å²) in [6, 6.07) is 4.09. The average Bonchev–Trinajstić information content (AvgIpc) is 3.35. The van der Waals surface area contributed by atoms with Gasteiger partial charge in [-0.2, -0.15) is 4.72 Å². The Morgan fingerprint density at radius 3 is 2.45 bits per heavy atom. The van der Waals surface area contributed by atoms with Crippen molar-refractivity contribution in [1.29, 1.82) is 0 Å². The van der Waals surface area contributed by atoms with E-state index in [1.54, 1.807) is 21.9 Å². The van der Waals surface area contributed by atoms with Crippen LogP contribution in [0.4, 0.5) is 5.69 Å². The van der Waals surface area contributed by atoms with E-state index in [0.717, 1.165) is 24.1 Å². The minimum Gasteiger partial charge on any atom is -0.341 e. The summed E-state index contributed by atoms with van der Waals surface area (Å²) in [5.74, 6) is 0.0780. The summed E-state index contributed by atoms with van der Waals surface area (Å²) in [7, 11) is -3.85. The Bertz CT molecular complexity index is 876. The molecule has 1 saturated heterocycles. The molecule has 2 heterocycles. The molecule has 8 heteroatoms. The molecule has 2 amide bonds. The molecule has 1 atom stereocenters. The minimum atomic E-state index is -3.85. The number of fused-ring (bicyclic) bond motifs is 1. The van der Waals surface area contributed by atoms with Crippen LogP contribution in [0.3, 0.4) is 0 Å². The van der Waals surface area contributed by atoms with Crippen LogP contribution in [-0.2, 0) is 26.0 Å². The predicted molar refractivity (Wildman–Crippen MR) is 112 cm³/mol. The number of carbonyl (C=O) groups excluding carboxylic acids is 2. The maximum Gasteiger partial charge on any atom is 0.241 e. The molecule has 0 spiro atoms. The topological polar surface area (TPSA) is 86.8 Å². The molecule has 2 aliphatic rings. The third-order valence-corrected chi connectivity index (χ3v) is 7.05. The predicted octanol–water partition coefficient (Wildman–Crippen LogP) is 2.30. The van der Waals surface area contributed by atoms with Gasteiger partial charge in [-0.1, -0.05) is 20.8 Å². The fourth-order valence-electron chi connectivity index (χ4n) is 4.08. The van der Waals surface area contributed by atoms with Gasteiger partial charge in [0.25, 0.3) is 0 Å². The van der Waals surface area contributed by atoms with E-state index < -0.39 is 16.1 Å². The summed E-state index contributed by atoms with van der Waals surface area (Å²) < 4.78 is 28.8. The van der Waals surface area contributed by atoms with E-state index in [9.17, 15) is 18.0 Å². The summed E-state index contributed by atoms with van der Waals surface area (Å²) in [5.41, 5.74) is 1.63. The molecule has 160 valence electrons. The third kappa shape index (κ3) is 4.80. The van der Waals surface area contributed by atoms with Gasteiger partial charge in [-0.25, -0.2) is 8.42 Å². The molecule has 0 aliphatic carbocycles. The number of amides is 2. The molecule has 1 aromatic carbocycles. The quantitative estimate of drug-likeness (QED) is 0.732. The number of nitrogens with one attached hydrogen (secondary N) is 1. The van der Waals surface area contributed by atoms with Crippen molar-refractivity contribution in [3.05, 3.63) is 23.8 Å². The lowest BCUT2D eigenvalue weighted by Crippen LogP contribution is -2.48. The van der Waals surface area contributed by atoms with Crippen molar-refractivity contribution < 1.29 is 18.0 Å². The van der Waals surface area contributed by atoms with Gasteiger partial charge < -0.3 is 9.80 Å². The van der Waals surface area contributed by atoms with E-state index in [2.05, 4.69) is 4.72 Å². The standard InChI is InChI=1S/C21H31N3O4S/c1-4-20(25)24-12-9-16-14-17(7-8-19(16)24)29(27,28)22-18(13-15(2)3)21(26)23-10-5-6-11-23/h7-8,14-15,18,22H,4-6,9-13H2,1-3H3. The molecule has 1 unspecified atom stereocenters. The number of rotatable bonds is 7. The van der Waals surface area contributed by atoms with Gasteiger partial charge in [0.15, 0.2) is 0 Å². The molecule has 0 radical (unpaired) electrons. The van der Waals surface area contributed by atoms with Gasteiger partial charge in [-0.15, -0.1) is 0 Å². The fourth-order valence-corrected chi connectivity index (χ4v) is 5.33. The summed E-state index contributed by atoms with van der Waals surface area (Å²) in [6.45, 7) is 7.73. The minimum absolute atomic E-state index is 0.0330. The van der Waals surface area contributed by atoms with Crippen LogP contribution in [0.2, 0.25) is 0 Å². The van der Waals surface area contributed by atoms with Crippen LogP contribution in [0.5, 0.6) is 0 Å². The van der Waals surface area contributed by atoms with Crippen molar-refractivity contribution >= 4 is 27.5 Å². The van der Waals surface area contributed by atoms with Crippen LogP contribution in [0.1, 0.15) is 52.0 Å². The van der Waals surface area contributed by atoms with Gasteiger partial charge in [0, 0.05) is 31.7 Å². The van der Waals surface area contributed by atoms with Gasteiger partial charge in [0.05, 0.1) is 4.90 Å². The highest BCUT2D eigenvalue weighted by molar-refractivity contribution is 7.89. The molecule has 0 saturated carbocycles. The van der Waals surface area contributed by atoms with Crippen LogP contribution in [0.25, 0.3) is 0 Å². The van der Waals surface area contributed by atoms with E-state index in [1.807, 2.05) is 20.8 Å². The zero-order chi connectivity index (χ0) is 21.2. The molecule has 0 bridgehead atoms. The molecule has 2 aliphatic heterocycles. The van der Waals surface area contributed by atoms with Crippen molar-refractivity contribution in [2.24, 2.45) is 5.92 Å². The molecule has 1 N–H and O–H groups in total. The number of hydrogen-bond acceptors (Lipinski definition) is 4. The van der Waals surface area contributed by atoms with E-state index in [1.165, 1.54) is 6.07 Å². The molecule has 3 rings (SSSR count). The van der Waals surface area contributed by atoms with E-state index >= 15 is 0 Å². The summed E-state index contributed by atoms with van der Waals surface area (Å²) in [6.07, 6.45) is 3.43. The smallest absolute Gasteiger partial charge is 0.241 e. The Morgan fingerprint density at radius 1 is 1.14 bits per heavy atom. The number of anilines is 1. The first-order valence-corrected chi connectivity index (χ1v) is 12.0. The van der Waals surface area contributed by atoms with Crippen LogP contribution < -0.4 is 9.62 Å². The first kappa shape index (κ1) is 21.8. The van der Waals surface area contributed by atoms with E-state index in [4.69, 9.17) is 0 Å². The number of likely N-dealkylation sites (tertiary alicyclic amines) is 1. The summed E-state index contributed by atoms with van der Waals surface area (Å²) >= 11 is 0. The second kappa shape index (κ2) is 8.83. The zero-order valence-electron chi connectivity index (χ0n) is 17.5. The number of benzene rings is 1. The zero-order valence-corrected chi connectivity index (χ0v) is 18.3. The number of hydrogen-bond donors (Lipinski definition) is 1. The number of nitrogens with zero attached hydrogens (tertiary/aromatic N) is 2. The van der Waals surface area contributed by atoms with Crippen LogP contribution in [0.15, 0.2) is 23.1 Å². The van der Waals surface area contributed by atoms with Crippen molar-refractivity contribution in [2.75, 3.05) is 24.5 Å². The Balaban J connectivity index is 1.81. The second-order valence-corrected chi connectivity index (χ2v) is 9.99. The lowest BCUT2D eigenvalue weighted by molar-refractivity contribution is -0.132. The molecular formula is C21H31N3O4S. The lowest BCUT2D eigenvalue weighted by atomic mass is 10.0. The number of carbonyl (C=O) groups is 2. The number of sulfonamides is 1. The summed E-state index contributed by atoms with van der Waals surface area (Å²) in [5, 5.41) is 0. The maximum absolute atomic E-state index is 13.1. The van der Waals surface area contributed by atoms with Gasteiger partial charge in [-0.3, -0.25) is 9.59 Å². The first-order valence-electron chi connectivity index (χ1n) is 10.5. The van der Waals surface area contributed by atoms with Crippen LogP contribution in [0, 0.1) is 5.92 Å².